The lowest BCUT2D eigenvalue weighted by atomic mass is 10.2. The quantitative estimate of drug-likeness (QED) is 0.808. The highest BCUT2D eigenvalue weighted by atomic mass is 19.1. The molecule has 0 fully saturated rings. The van der Waals surface area contributed by atoms with Gasteiger partial charge in [0.15, 0.2) is 11.5 Å². The first kappa shape index (κ1) is 17.5. The summed E-state index contributed by atoms with van der Waals surface area (Å²) >= 11 is 0. The molecular formula is C19H20FNO3. The van der Waals surface area contributed by atoms with Crippen molar-refractivity contribution in [1.82, 2.24) is 0 Å². The van der Waals surface area contributed by atoms with Crippen LogP contribution in [0.3, 0.4) is 0 Å². The average Bonchev–Trinajstić information content (AvgIpc) is 2.57. The van der Waals surface area contributed by atoms with E-state index in [1.54, 1.807) is 43.5 Å². The fourth-order valence-corrected chi connectivity index (χ4v) is 2.15. The van der Waals surface area contributed by atoms with Crippen molar-refractivity contribution < 1.29 is 18.7 Å². The zero-order valence-corrected chi connectivity index (χ0v) is 13.9. The van der Waals surface area contributed by atoms with Gasteiger partial charge < -0.3 is 14.8 Å². The number of benzene rings is 2. The number of hydrogen-bond acceptors (Lipinski definition) is 3. The normalized spacial score (nSPS) is 10.7. The lowest BCUT2D eigenvalue weighted by Gasteiger charge is -2.09. The third kappa shape index (κ3) is 4.59. The van der Waals surface area contributed by atoms with Crippen LogP contribution in [0.4, 0.5) is 10.1 Å². The molecule has 0 bridgehead atoms. The van der Waals surface area contributed by atoms with Crippen molar-refractivity contribution in [3.63, 3.8) is 0 Å². The van der Waals surface area contributed by atoms with Crippen LogP contribution in [0.15, 0.2) is 42.5 Å². The molecule has 0 spiro atoms. The van der Waals surface area contributed by atoms with E-state index in [-0.39, 0.29) is 5.69 Å². The number of halogens is 1. The highest BCUT2D eigenvalue weighted by Gasteiger charge is 2.06. The van der Waals surface area contributed by atoms with Gasteiger partial charge in [-0.25, -0.2) is 4.39 Å². The minimum Gasteiger partial charge on any atom is -0.493 e. The molecule has 5 heteroatoms. The number of rotatable bonds is 6. The van der Waals surface area contributed by atoms with Gasteiger partial charge in [0.25, 0.3) is 0 Å². The molecule has 0 radical (unpaired) electrons. The van der Waals surface area contributed by atoms with Crippen molar-refractivity contribution in [1.29, 1.82) is 0 Å². The maximum absolute atomic E-state index is 13.6. The molecule has 0 heterocycles. The van der Waals surface area contributed by atoms with E-state index in [9.17, 15) is 9.18 Å². The van der Waals surface area contributed by atoms with E-state index >= 15 is 0 Å². The number of amides is 1. The summed E-state index contributed by atoms with van der Waals surface area (Å²) in [6, 6.07) is 9.90. The molecule has 0 aliphatic carbocycles. The van der Waals surface area contributed by atoms with E-state index in [2.05, 4.69) is 5.32 Å². The predicted molar refractivity (Wildman–Crippen MR) is 93.0 cm³/mol. The smallest absolute Gasteiger partial charge is 0.248 e. The molecule has 126 valence electrons. The molecule has 2 aromatic carbocycles. The first-order chi connectivity index (χ1) is 11.5. The lowest BCUT2D eigenvalue weighted by Crippen LogP contribution is -2.09. The van der Waals surface area contributed by atoms with E-state index in [0.29, 0.717) is 18.1 Å². The molecule has 2 rings (SSSR count). The van der Waals surface area contributed by atoms with Crippen LogP contribution >= 0.6 is 0 Å². The van der Waals surface area contributed by atoms with Crippen molar-refractivity contribution in [2.45, 2.75) is 13.8 Å². The molecule has 1 N–H and O–H groups in total. The van der Waals surface area contributed by atoms with Gasteiger partial charge >= 0.3 is 0 Å². The van der Waals surface area contributed by atoms with Gasteiger partial charge in [0.05, 0.1) is 19.4 Å². The fraction of sp³-hybridized carbons (Fsp3) is 0.211. The van der Waals surface area contributed by atoms with E-state index < -0.39 is 11.7 Å². The van der Waals surface area contributed by atoms with Crippen LogP contribution in [0.25, 0.3) is 6.08 Å². The van der Waals surface area contributed by atoms with Crippen molar-refractivity contribution >= 4 is 17.7 Å². The zero-order valence-electron chi connectivity index (χ0n) is 13.9. The molecule has 24 heavy (non-hydrogen) atoms. The molecule has 4 nitrogen and oxygen atoms in total. The molecule has 0 unspecified atom stereocenters. The second-order valence-electron chi connectivity index (χ2n) is 5.15. The number of anilines is 1. The van der Waals surface area contributed by atoms with E-state index in [0.717, 1.165) is 11.1 Å². The first-order valence-electron chi connectivity index (χ1n) is 7.59. The molecule has 0 atom stereocenters. The van der Waals surface area contributed by atoms with Gasteiger partial charge in [-0.05, 0) is 55.3 Å². The van der Waals surface area contributed by atoms with Crippen LogP contribution in [0.1, 0.15) is 18.1 Å². The Hall–Kier alpha value is -2.82. The summed E-state index contributed by atoms with van der Waals surface area (Å²) in [5.74, 6) is 0.353. The molecule has 0 saturated carbocycles. The lowest BCUT2D eigenvalue weighted by molar-refractivity contribution is -0.111. The third-order valence-corrected chi connectivity index (χ3v) is 3.29. The molecule has 2 aromatic rings. The maximum Gasteiger partial charge on any atom is 0.248 e. The van der Waals surface area contributed by atoms with Crippen LogP contribution in [-0.2, 0) is 4.79 Å². The third-order valence-electron chi connectivity index (χ3n) is 3.29. The van der Waals surface area contributed by atoms with Gasteiger partial charge in [-0.2, -0.15) is 0 Å². The van der Waals surface area contributed by atoms with Crippen LogP contribution in [0.2, 0.25) is 0 Å². The van der Waals surface area contributed by atoms with Gasteiger partial charge in [-0.3, -0.25) is 4.79 Å². The molecule has 0 saturated heterocycles. The Morgan fingerprint density at radius 2 is 2.00 bits per heavy atom. The van der Waals surface area contributed by atoms with E-state index in [4.69, 9.17) is 9.47 Å². The summed E-state index contributed by atoms with van der Waals surface area (Å²) in [4.78, 5) is 12.0. The highest BCUT2D eigenvalue weighted by Crippen LogP contribution is 2.28. The number of nitrogens with one attached hydrogen (secondary N) is 1. The van der Waals surface area contributed by atoms with Crippen LogP contribution in [0.5, 0.6) is 11.5 Å². The SMILES string of the molecule is CCOc1cc(/C=C/C(=O)Nc2cc(C)ccc2F)ccc1OC. The Kier molecular flexibility index (Phi) is 5.95. The number of methoxy groups -OCH3 is 1. The summed E-state index contributed by atoms with van der Waals surface area (Å²) in [6.45, 7) is 4.22. The van der Waals surface area contributed by atoms with Crippen molar-refractivity contribution in [3.05, 3.63) is 59.4 Å². The van der Waals surface area contributed by atoms with E-state index in [1.807, 2.05) is 13.8 Å². The van der Waals surface area contributed by atoms with Gasteiger partial charge in [-0.15, -0.1) is 0 Å². The Bertz CT molecular complexity index is 756. The molecule has 0 aliphatic heterocycles. The topological polar surface area (TPSA) is 47.6 Å². The maximum atomic E-state index is 13.6. The number of carbonyl (C=O) groups is 1. The number of aryl methyl sites for hydroxylation is 1. The zero-order chi connectivity index (χ0) is 17.5. The monoisotopic (exact) mass is 329 g/mol. The summed E-state index contributed by atoms with van der Waals surface area (Å²) < 4.78 is 24.3. The Morgan fingerprint density at radius 3 is 2.71 bits per heavy atom. The van der Waals surface area contributed by atoms with Crippen molar-refractivity contribution in [2.24, 2.45) is 0 Å². The standard InChI is InChI=1S/C19H20FNO3/c1-4-24-18-12-14(6-9-17(18)23-3)7-10-19(22)21-16-11-13(2)5-8-15(16)20/h5-12H,4H2,1-3H3,(H,21,22)/b10-7+. The molecule has 0 aromatic heterocycles. The number of carbonyl (C=O) groups excluding carboxylic acids is 1. The van der Waals surface area contributed by atoms with E-state index in [1.165, 1.54) is 12.1 Å². The molecule has 0 aliphatic rings. The van der Waals surface area contributed by atoms with Gasteiger partial charge in [0, 0.05) is 6.08 Å². The largest absolute Gasteiger partial charge is 0.493 e. The minimum atomic E-state index is -0.467. The number of ether oxygens (including phenoxy) is 2. The molecular weight excluding hydrogens is 309 g/mol. The van der Waals surface area contributed by atoms with Gasteiger partial charge in [-0.1, -0.05) is 12.1 Å². The summed E-state index contributed by atoms with van der Waals surface area (Å²) in [5, 5.41) is 2.53. The summed E-state index contributed by atoms with van der Waals surface area (Å²) in [5.41, 5.74) is 1.81. The summed E-state index contributed by atoms with van der Waals surface area (Å²) in [6.07, 6.45) is 2.98. The Morgan fingerprint density at radius 1 is 1.21 bits per heavy atom. The minimum absolute atomic E-state index is 0.161. The van der Waals surface area contributed by atoms with Crippen LogP contribution < -0.4 is 14.8 Å². The summed E-state index contributed by atoms with van der Waals surface area (Å²) in [7, 11) is 1.57. The van der Waals surface area contributed by atoms with Crippen molar-refractivity contribution in [3.8, 4) is 11.5 Å². The average molecular weight is 329 g/mol. The highest BCUT2D eigenvalue weighted by molar-refractivity contribution is 6.02. The Balaban J connectivity index is 2.11. The van der Waals surface area contributed by atoms with Crippen molar-refractivity contribution in [2.75, 3.05) is 19.0 Å². The predicted octanol–water partition coefficient (Wildman–Crippen LogP) is 4.19. The first-order valence-corrected chi connectivity index (χ1v) is 7.59. The van der Waals surface area contributed by atoms with Gasteiger partial charge in [0.2, 0.25) is 5.91 Å². The second kappa shape index (κ2) is 8.15. The van der Waals surface area contributed by atoms with Gasteiger partial charge in [0.1, 0.15) is 5.82 Å². The second-order valence-corrected chi connectivity index (χ2v) is 5.15. The van der Waals surface area contributed by atoms with Crippen LogP contribution in [-0.4, -0.2) is 19.6 Å². The van der Waals surface area contributed by atoms with Crippen LogP contribution in [0, 0.1) is 12.7 Å². The number of hydrogen-bond donors (Lipinski definition) is 1. The fourth-order valence-electron chi connectivity index (χ4n) is 2.15. The Labute approximate surface area is 140 Å². The molecule has 1 amide bonds.